The number of carbonyl (C=O) groups excluding carboxylic acids is 1. The molecule has 1 fully saturated rings. The lowest BCUT2D eigenvalue weighted by molar-refractivity contribution is -0.387. The summed E-state index contributed by atoms with van der Waals surface area (Å²) in [6.07, 6.45) is 2.84. The van der Waals surface area contributed by atoms with E-state index in [1.807, 2.05) is 0 Å². The molecule has 1 aliphatic rings. The number of hydrogen-bond donors (Lipinski definition) is 1. The van der Waals surface area contributed by atoms with Gasteiger partial charge in [-0.2, -0.15) is 4.39 Å². The quantitative estimate of drug-likeness (QED) is 0.681. The summed E-state index contributed by atoms with van der Waals surface area (Å²) in [7, 11) is 0. The molecule has 1 N–H and O–H groups in total. The average Bonchev–Trinajstić information content (AvgIpc) is 2.41. The molecule has 1 aliphatic heterocycles. The SMILES string of the molecule is O=C(NN1CCCCC1)c1cc(F)cc([N+](=O)[O-])c1F. The van der Waals surface area contributed by atoms with E-state index >= 15 is 0 Å². The predicted molar refractivity (Wildman–Crippen MR) is 65.9 cm³/mol. The number of nitro benzene ring substituents is 1. The van der Waals surface area contributed by atoms with Gasteiger partial charge in [0, 0.05) is 13.1 Å². The van der Waals surface area contributed by atoms with Crippen molar-refractivity contribution in [1.82, 2.24) is 10.4 Å². The third-order valence-electron chi connectivity index (χ3n) is 3.08. The fraction of sp³-hybridized carbons (Fsp3) is 0.417. The number of rotatable bonds is 3. The Bertz CT molecular complexity index is 545. The van der Waals surface area contributed by atoms with E-state index in [2.05, 4.69) is 5.43 Å². The molecule has 0 unspecified atom stereocenters. The molecule has 0 bridgehead atoms. The van der Waals surface area contributed by atoms with E-state index in [0.717, 1.165) is 19.3 Å². The minimum absolute atomic E-state index is 0.451. The molecule has 8 heteroatoms. The van der Waals surface area contributed by atoms with Crippen LogP contribution in [0, 0.1) is 21.7 Å². The summed E-state index contributed by atoms with van der Waals surface area (Å²) in [5.74, 6) is -3.24. The van der Waals surface area contributed by atoms with E-state index in [9.17, 15) is 23.7 Å². The average molecular weight is 285 g/mol. The van der Waals surface area contributed by atoms with Gasteiger partial charge in [-0.25, -0.2) is 9.40 Å². The summed E-state index contributed by atoms with van der Waals surface area (Å²) in [5, 5.41) is 12.2. The first-order chi connectivity index (χ1) is 9.49. The summed E-state index contributed by atoms with van der Waals surface area (Å²) in [4.78, 5) is 21.4. The molecule has 6 nitrogen and oxygen atoms in total. The molecule has 1 aromatic carbocycles. The smallest absolute Gasteiger partial charge is 0.285 e. The Labute approximate surface area is 113 Å². The van der Waals surface area contributed by atoms with E-state index in [1.54, 1.807) is 5.01 Å². The number of amides is 1. The van der Waals surface area contributed by atoms with Gasteiger partial charge in [0.2, 0.25) is 5.82 Å². The summed E-state index contributed by atoms with van der Waals surface area (Å²) in [5.41, 5.74) is 0.723. The monoisotopic (exact) mass is 285 g/mol. The van der Waals surface area contributed by atoms with Gasteiger partial charge >= 0.3 is 5.69 Å². The van der Waals surface area contributed by atoms with Crippen molar-refractivity contribution in [3.63, 3.8) is 0 Å². The molecule has 0 saturated carbocycles. The molecule has 1 amide bonds. The first-order valence-corrected chi connectivity index (χ1v) is 6.18. The Morgan fingerprint density at radius 2 is 1.90 bits per heavy atom. The highest BCUT2D eigenvalue weighted by molar-refractivity contribution is 5.94. The highest BCUT2D eigenvalue weighted by atomic mass is 19.1. The van der Waals surface area contributed by atoms with Gasteiger partial charge in [-0.1, -0.05) is 6.42 Å². The molecule has 2 rings (SSSR count). The molecular formula is C12H13F2N3O3. The fourth-order valence-electron chi connectivity index (χ4n) is 2.08. The first kappa shape index (κ1) is 14.3. The van der Waals surface area contributed by atoms with Crippen LogP contribution in [0.2, 0.25) is 0 Å². The van der Waals surface area contributed by atoms with Crippen LogP contribution in [0.15, 0.2) is 12.1 Å². The summed E-state index contributed by atoms with van der Waals surface area (Å²) in [6.45, 7) is 1.23. The normalized spacial score (nSPS) is 15.9. The van der Waals surface area contributed by atoms with Crippen LogP contribution in [-0.4, -0.2) is 28.9 Å². The number of halogens is 2. The molecule has 0 radical (unpaired) electrons. The Balaban J connectivity index is 2.22. The van der Waals surface area contributed by atoms with Crippen molar-refractivity contribution in [2.75, 3.05) is 13.1 Å². The van der Waals surface area contributed by atoms with Gasteiger partial charge in [0.25, 0.3) is 5.91 Å². The van der Waals surface area contributed by atoms with Crippen LogP contribution >= 0.6 is 0 Å². The molecule has 0 aliphatic carbocycles. The van der Waals surface area contributed by atoms with Gasteiger partial charge < -0.3 is 0 Å². The van der Waals surface area contributed by atoms with Crippen molar-refractivity contribution in [3.05, 3.63) is 39.4 Å². The van der Waals surface area contributed by atoms with Crippen molar-refractivity contribution in [2.24, 2.45) is 0 Å². The second-order valence-corrected chi connectivity index (χ2v) is 4.53. The predicted octanol–water partition coefficient (Wildman–Crippen LogP) is 2.00. The lowest BCUT2D eigenvalue weighted by Gasteiger charge is -2.26. The van der Waals surface area contributed by atoms with Crippen molar-refractivity contribution in [1.29, 1.82) is 0 Å². The molecule has 0 aromatic heterocycles. The highest BCUT2D eigenvalue weighted by Crippen LogP contribution is 2.22. The van der Waals surface area contributed by atoms with Gasteiger partial charge in [0.1, 0.15) is 5.82 Å². The zero-order valence-corrected chi connectivity index (χ0v) is 10.6. The minimum Gasteiger partial charge on any atom is -0.285 e. The molecule has 1 saturated heterocycles. The van der Waals surface area contributed by atoms with E-state index in [0.29, 0.717) is 25.2 Å². The van der Waals surface area contributed by atoms with E-state index in [4.69, 9.17) is 0 Å². The van der Waals surface area contributed by atoms with Crippen molar-refractivity contribution >= 4 is 11.6 Å². The first-order valence-electron chi connectivity index (χ1n) is 6.18. The zero-order chi connectivity index (χ0) is 14.7. The summed E-state index contributed by atoms with van der Waals surface area (Å²) < 4.78 is 27.1. The number of piperidine rings is 1. The Morgan fingerprint density at radius 1 is 1.25 bits per heavy atom. The van der Waals surface area contributed by atoms with Crippen LogP contribution < -0.4 is 5.43 Å². The van der Waals surface area contributed by atoms with Gasteiger partial charge in [-0.05, 0) is 18.9 Å². The van der Waals surface area contributed by atoms with Gasteiger partial charge in [-0.3, -0.25) is 20.3 Å². The van der Waals surface area contributed by atoms with Crippen molar-refractivity contribution in [2.45, 2.75) is 19.3 Å². The van der Waals surface area contributed by atoms with Crippen LogP contribution in [0.5, 0.6) is 0 Å². The van der Waals surface area contributed by atoms with Gasteiger partial charge in [-0.15, -0.1) is 0 Å². The molecule has 108 valence electrons. The van der Waals surface area contributed by atoms with Crippen molar-refractivity contribution < 1.29 is 18.5 Å². The Morgan fingerprint density at radius 3 is 2.50 bits per heavy atom. The maximum absolute atomic E-state index is 13.8. The Hall–Kier alpha value is -2.09. The van der Waals surface area contributed by atoms with E-state index in [-0.39, 0.29) is 0 Å². The van der Waals surface area contributed by atoms with Crippen LogP contribution in [0.25, 0.3) is 0 Å². The number of nitrogens with one attached hydrogen (secondary N) is 1. The maximum atomic E-state index is 13.8. The van der Waals surface area contributed by atoms with Gasteiger partial charge in [0.05, 0.1) is 16.6 Å². The maximum Gasteiger partial charge on any atom is 0.308 e. The highest BCUT2D eigenvalue weighted by Gasteiger charge is 2.25. The molecule has 0 spiro atoms. The lowest BCUT2D eigenvalue weighted by Crippen LogP contribution is -2.45. The Kier molecular flexibility index (Phi) is 4.23. The molecule has 20 heavy (non-hydrogen) atoms. The van der Waals surface area contributed by atoms with Gasteiger partial charge in [0.15, 0.2) is 0 Å². The summed E-state index contributed by atoms with van der Waals surface area (Å²) >= 11 is 0. The number of nitro groups is 1. The van der Waals surface area contributed by atoms with Crippen LogP contribution in [0.3, 0.4) is 0 Å². The third-order valence-corrected chi connectivity index (χ3v) is 3.08. The third kappa shape index (κ3) is 3.08. The number of carbonyl (C=O) groups is 1. The van der Waals surface area contributed by atoms with Crippen molar-refractivity contribution in [3.8, 4) is 0 Å². The van der Waals surface area contributed by atoms with Crippen LogP contribution in [-0.2, 0) is 0 Å². The van der Waals surface area contributed by atoms with Crippen LogP contribution in [0.1, 0.15) is 29.6 Å². The van der Waals surface area contributed by atoms with E-state index < -0.39 is 33.7 Å². The largest absolute Gasteiger partial charge is 0.308 e. The minimum atomic E-state index is -1.33. The number of benzene rings is 1. The fourth-order valence-corrected chi connectivity index (χ4v) is 2.08. The second kappa shape index (κ2) is 5.91. The number of nitrogens with zero attached hydrogens (tertiary/aromatic N) is 2. The number of hydrazine groups is 1. The summed E-state index contributed by atoms with van der Waals surface area (Å²) in [6, 6.07) is 1.11. The molecular weight excluding hydrogens is 272 g/mol. The van der Waals surface area contributed by atoms with E-state index in [1.165, 1.54) is 0 Å². The molecule has 1 aromatic rings. The zero-order valence-electron chi connectivity index (χ0n) is 10.6. The standard InChI is InChI=1S/C12H13F2N3O3/c13-8-6-9(11(14)10(7-8)17(19)20)12(18)15-16-4-2-1-3-5-16/h6-7H,1-5H2,(H,15,18). The molecule has 1 heterocycles. The lowest BCUT2D eigenvalue weighted by atomic mass is 10.1. The molecule has 0 atom stereocenters. The topological polar surface area (TPSA) is 75.5 Å². The second-order valence-electron chi connectivity index (χ2n) is 4.53. The number of hydrogen-bond acceptors (Lipinski definition) is 4. The van der Waals surface area contributed by atoms with Crippen LogP contribution in [0.4, 0.5) is 14.5 Å².